The van der Waals surface area contributed by atoms with Crippen LogP contribution < -0.4 is 4.90 Å². The van der Waals surface area contributed by atoms with Gasteiger partial charge in [0.15, 0.2) is 0 Å². The second-order valence-corrected chi connectivity index (χ2v) is 7.00. The highest BCUT2D eigenvalue weighted by atomic mass is 16.6. The second-order valence-electron chi connectivity index (χ2n) is 7.00. The molecule has 2 aliphatic rings. The number of benzene rings is 2. The van der Waals surface area contributed by atoms with E-state index in [0.717, 1.165) is 4.90 Å². The summed E-state index contributed by atoms with van der Waals surface area (Å²) in [7, 11) is 0. The molecule has 2 aromatic rings. The van der Waals surface area contributed by atoms with Gasteiger partial charge in [0.2, 0.25) is 0 Å². The molecule has 2 heterocycles. The van der Waals surface area contributed by atoms with Gasteiger partial charge in [0.25, 0.3) is 17.5 Å². The lowest BCUT2D eigenvalue weighted by molar-refractivity contribution is -0.384. The van der Waals surface area contributed by atoms with Crippen molar-refractivity contribution >= 4 is 29.2 Å². The minimum atomic E-state index is -0.762. The minimum absolute atomic E-state index is 0.0541. The van der Waals surface area contributed by atoms with E-state index in [2.05, 4.69) is 0 Å². The third kappa shape index (κ3) is 3.97. The molecule has 2 aliphatic heterocycles. The Morgan fingerprint density at radius 2 is 1.71 bits per heavy atom. The average molecular weight is 425 g/mol. The number of imide groups is 1. The number of nitro groups is 1. The molecule has 2 amide bonds. The van der Waals surface area contributed by atoms with E-state index in [1.807, 2.05) is 4.90 Å². The normalized spacial score (nSPS) is 15.7. The minimum Gasteiger partial charge on any atom is -0.460 e. The molecular weight excluding hydrogens is 406 g/mol. The number of fused-ring (bicyclic) bond motifs is 1. The summed E-state index contributed by atoms with van der Waals surface area (Å²) in [6.07, 6.45) is 0. The first-order valence-electron chi connectivity index (χ1n) is 9.71. The first kappa shape index (κ1) is 20.5. The molecule has 0 radical (unpaired) electrons. The molecule has 10 nitrogen and oxygen atoms in total. The summed E-state index contributed by atoms with van der Waals surface area (Å²) in [5.74, 6) is -1.65. The van der Waals surface area contributed by atoms with Gasteiger partial charge in [0.1, 0.15) is 6.61 Å². The first-order valence-corrected chi connectivity index (χ1v) is 9.71. The molecule has 0 aliphatic carbocycles. The van der Waals surface area contributed by atoms with Gasteiger partial charge in [-0.05, 0) is 18.2 Å². The predicted molar refractivity (Wildman–Crippen MR) is 108 cm³/mol. The quantitative estimate of drug-likeness (QED) is 0.298. The SMILES string of the molecule is O=C(OCCN1C(=O)c2ccccc2C1=O)c1cc([N+](=O)[O-])ccc1N1CCOCC1. The third-order valence-corrected chi connectivity index (χ3v) is 5.19. The summed E-state index contributed by atoms with van der Waals surface area (Å²) in [6.45, 7) is 1.69. The number of hydrogen-bond acceptors (Lipinski definition) is 8. The summed E-state index contributed by atoms with van der Waals surface area (Å²) >= 11 is 0. The monoisotopic (exact) mass is 425 g/mol. The van der Waals surface area contributed by atoms with Gasteiger partial charge in [-0.15, -0.1) is 0 Å². The number of esters is 1. The molecule has 31 heavy (non-hydrogen) atoms. The van der Waals surface area contributed by atoms with Gasteiger partial charge in [-0.3, -0.25) is 24.6 Å². The smallest absolute Gasteiger partial charge is 0.340 e. The zero-order valence-corrected chi connectivity index (χ0v) is 16.5. The number of amides is 2. The predicted octanol–water partition coefficient (Wildman–Crippen LogP) is 1.88. The van der Waals surface area contributed by atoms with Crippen LogP contribution in [0.15, 0.2) is 42.5 Å². The van der Waals surface area contributed by atoms with Gasteiger partial charge in [-0.1, -0.05) is 12.1 Å². The molecule has 0 spiro atoms. The van der Waals surface area contributed by atoms with Crippen LogP contribution in [0, 0.1) is 10.1 Å². The Balaban J connectivity index is 1.47. The molecule has 10 heteroatoms. The molecule has 0 N–H and O–H groups in total. The third-order valence-electron chi connectivity index (χ3n) is 5.19. The van der Waals surface area contributed by atoms with Gasteiger partial charge in [0, 0.05) is 25.2 Å². The lowest BCUT2D eigenvalue weighted by Crippen LogP contribution is -2.37. The van der Waals surface area contributed by atoms with E-state index in [-0.39, 0.29) is 24.4 Å². The lowest BCUT2D eigenvalue weighted by Gasteiger charge is -2.30. The fourth-order valence-electron chi connectivity index (χ4n) is 3.63. The summed E-state index contributed by atoms with van der Waals surface area (Å²) in [4.78, 5) is 51.1. The van der Waals surface area contributed by atoms with Crippen molar-refractivity contribution < 1.29 is 28.8 Å². The first-order chi connectivity index (χ1) is 15.0. The van der Waals surface area contributed by atoms with Crippen LogP contribution in [0.4, 0.5) is 11.4 Å². The maximum atomic E-state index is 12.7. The fraction of sp³-hybridized carbons (Fsp3) is 0.286. The average Bonchev–Trinajstić information content (AvgIpc) is 3.04. The van der Waals surface area contributed by atoms with Crippen LogP contribution >= 0.6 is 0 Å². The van der Waals surface area contributed by atoms with Crippen LogP contribution in [0.3, 0.4) is 0 Å². The maximum Gasteiger partial charge on any atom is 0.340 e. The van der Waals surface area contributed by atoms with Crippen LogP contribution in [0.1, 0.15) is 31.1 Å². The summed E-state index contributed by atoms with van der Waals surface area (Å²) in [5, 5.41) is 11.2. The number of nitro benzene ring substituents is 1. The van der Waals surface area contributed by atoms with Crippen molar-refractivity contribution in [2.45, 2.75) is 0 Å². The Bertz CT molecular complexity index is 1030. The van der Waals surface area contributed by atoms with Crippen molar-refractivity contribution in [1.82, 2.24) is 4.90 Å². The zero-order valence-electron chi connectivity index (χ0n) is 16.5. The van der Waals surface area contributed by atoms with Gasteiger partial charge in [0.05, 0.1) is 47.1 Å². The lowest BCUT2D eigenvalue weighted by atomic mass is 10.1. The van der Waals surface area contributed by atoms with Gasteiger partial charge in [-0.25, -0.2) is 4.79 Å². The maximum absolute atomic E-state index is 12.7. The highest BCUT2D eigenvalue weighted by Gasteiger charge is 2.35. The van der Waals surface area contributed by atoms with Crippen molar-refractivity contribution in [2.24, 2.45) is 0 Å². The van der Waals surface area contributed by atoms with Crippen molar-refractivity contribution in [3.05, 3.63) is 69.3 Å². The molecule has 2 aromatic carbocycles. The number of ether oxygens (including phenoxy) is 2. The molecular formula is C21H19N3O7. The van der Waals surface area contributed by atoms with E-state index in [0.29, 0.717) is 43.1 Å². The van der Waals surface area contributed by atoms with E-state index in [1.165, 1.54) is 18.2 Å². The van der Waals surface area contributed by atoms with Crippen LogP contribution in [0.25, 0.3) is 0 Å². The molecule has 160 valence electrons. The van der Waals surface area contributed by atoms with E-state index in [4.69, 9.17) is 9.47 Å². The number of anilines is 1. The molecule has 1 fully saturated rings. The highest BCUT2D eigenvalue weighted by Crippen LogP contribution is 2.27. The van der Waals surface area contributed by atoms with Crippen molar-refractivity contribution in [2.75, 3.05) is 44.4 Å². The summed E-state index contributed by atoms with van der Waals surface area (Å²) < 4.78 is 10.6. The van der Waals surface area contributed by atoms with Crippen LogP contribution in [-0.2, 0) is 9.47 Å². The second kappa shape index (κ2) is 8.52. The molecule has 0 saturated carbocycles. The topological polar surface area (TPSA) is 119 Å². The number of morpholine rings is 1. The highest BCUT2D eigenvalue weighted by molar-refractivity contribution is 6.21. The van der Waals surface area contributed by atoms with E-state index in [9.17, 15) is 24.5 Å². The molecule has 0 atom stereocenters. The van der Waals surface area contributed by atoms with Gasteiger partial charge in [-0.2, -0.15) is 0 Å². The zero-order chi connectivity index (χ0) is 22.0. The van der Waals surface area contributed by atoms with Crippen LogP contribution in [0.5, 0.6) is 0 Å². The van der Waals surface area contributed by atoms with Crippen molar-refractivity contribution in [3.8, 4) is 0 Å². The Labute approximate surface area is 177 Å². The van der Waals surface area contributed by atoms with Crippen molar-refractivity contribution in [1.29, 1.82) is 0 Å². The summed E-state index contributed by atoms with van der Waals surface area (Å²) in [6, 6.07) is 10.5. The number of hydrogen-bond donors (Lipinski definition) is 0. The van der Waals surface area contributed by atoms with E-state index in [1.54, 1.807) is 24.3 Å². The summed E-state index contributed by atoms with van der Waals surface area (Å²) in [5.41, 5.74) is 0.960. The van der Waals surface area contributed by atoms with Crippen LogP contribution in [-0.4, -0.2) is 67.1 Å². The Hall–Kier alpha value is -3.79. The number of carbonyl (C=O) groups is 3. The number of nitrogens with zero attached hydrogens (tertiary/aromatic N) is 3. The number of carbonyl (C=O) groups excluding carboxylic acids is 3. The molecule has 4 rings (SSSR count). The van der Waals surface area contributed by atoms with E-state index >= 15 is 0 Å². The molecule has 1 saturated heterocycles. The molecule has 0 aromatic heterocycles. The fourth-order valence-corrected chi connectivity index (χ4v) is 3.63. The standard InChI is InChI=1S/C21H19N3O7/c25-19-15-3-1-2-4-16(15)20(26)23(19)9-12-31-21(27)17-13-14(24(28)29)5-6-18(17)22-7-10-30-11-8-22/h1-6,13H,7-12H2. The Kier molecular flexibility index (Phi) is 5.63. The molecule has 0 bridgehead atoms. The van der Waals surface area contributed by atoms with Crippen LogP contribution in [0.2, 0.25) is 0 Å². The largest absolute Gasteiger partial charge is 0.460 e. The Morgan fingerprint density at radius 1 is 1.06 bits per heavy atom. The van der Waals surface area contributed by atoms with Gasteiger partial charge < -0.3 is 14.4 Å². The van der Waals surface area contributed by atoms with Gasteiger partial charge >= 0.3 is 5.97 Å². The van der Waals surface area contributed by atoms with E-state index < -0.39 is 22.7 Å². The number of non-ortho nitro benzene ring substituents is 1. The molecule has 0 unspecified atom stereocenters. The number of rotatable bonds is 6. The Morgan fingerprint density at radius 3 is 2.32 bits per heavy atom. The van der Waals surface area contributed by atoms with Crippen molar-refractivity contribution in [3.63, 3.8) is 0 Å².